The average Bonchev–Trinajstić information content (AvgIpc) is 3.09. The van der Waals surface area contributed by atoms with Crippen LogP contribution in [0, 0.1) is 17.5 Å². The summed E-state index contributed by atoms with van der Waals surface area (Å²) in [7, 11) is 0. The predicted molar refractivity (Wildman–Crippen MR) is 93.2 cm³/mol. The number of carbonyl (C=O) groups is 1. The number of aromatic nitrogens is 3. The molecule has 1 amide bonds. The fourth-order valence-corrected chi connectivity index (χ4v) is 3.62. The maximum Gasteiger partial charge on any atom is 0.254 e. The standard InChI is InChI=1S/C17H18F3N5O.ClH/c18-12-7-11(8-13(19)15(12)20)17(26)24-4-1-10(2-5-24)16-23-22-14-9-21-3-6-25(14)16;/h7-8,10,21H,1-6,9H2;1H. The Morgan fingerprint density at radius 2 is 1.74 bits per heavy atom. The number of benzene rings is 1. The van der Waals surface area contributed by atoms with E-state index in [0.717, 1.165) is 36.9 Å². The van der Waals surface area contributed by atoms with E-state index in [9.17, 15) is 18.0 Å². The molecular weight excluding hydrogens is 383 g/mol. The number of likely N-dealkylation sites (tertiary alicyclic amines) is 1. The smallest absolute Gasteiger partial charge is 0.254 e. The second kappa shape index (κ2) is 7.85. The van der Waals surface area contributed by atoms with Crippen molar-refractivity contribution in [3.63, 3.8) is 0 Å². The highest BCUT2D eigenvalue weighted by atomic mass is 35.5. The van der Waals surface area contributed by atoms with Crippen LogP contribution in [0.25, 0.3) is 0 Å². The van der Waals surface area contributed by atoms with Crippen LogP contribution in [0.5, 0.6) is 0 Å². The van der Waals surface area contributed by atoms with Gasteiger partial charge in [-0.25, -0.2) is 13.2 Å². The highest BCUT2D eigenvalue weighted by Crippen LogP contribution is 2.28. The quantitative estimate of drug-likeness (QED) is 0.784. The number of amides is 1. The number of nitrogens with one attached hydrogen (secondary N) is 1. The van der Waals surface area contributed by atoms with Gasteiger partial charge in [0.2, 0.25) is 0 Å². The second-order valence-corrected chi connectivity index (χ2v) is 6.62. The maximum absolute atomic E-state index is 13.4. The Kier molecular flexibility index (Phi) is 5.71. The van der Waals surface area contributed by atoms with E-state index in [1.807, 2.05) is 0 Å². The van der Waals surface area contributed by atoms with Crippen molar-refractivity contribution in [2.45, 2.75) is 31.8 Å². The maximum atomic E-state index is 13.4. The summed E-state index contributed by atoms with van der Waals surface area (Å²) in [6, 6.07) is 1.49. The van der Waals surface area contributed by atoms with Crippen molar-refractivity contribution in [2.24, 2.45) is 0 Å². The molecule has 0 unspecified atom stereocenters. The molecule has 0 spiro atoms. The van der Waals surface area contributed by atoms with Gasteiger partial charge in [-0.3, -0.25) is 4.79 Å². The first-order valence-electron chi connectivity index (χ1n) is 8.61. The molecule has 3 heterocycles. The summed E-state index contributed by atoms with van der Waals surface area (Å²) in [5.74, 6) is -2.71. The van der Waals surface area contributed by atoms with Crippen molar-refractivity contribution in [1.29, 1.82) is 0 Å². The molecule has 0 atom stereocenters. The van der Waals surface area contributed by atoms with E-state index in [1.165, 1.54) is 4.90 Å². The van der Waals surface area contributed by atoms with E-state index in [4.69, 9.17) is 0 Å². The van der Waals surface area contributed by atoms with Crippen LogP contribution in [0.1, 0.15) is 40.8 Å². The van der Waals surface area contributed by atoms with Gasteiger partial charge in [-0.05, 0) is 25.0 Å². The zero-order chi connectivity index (χ0) is 18.3. The van der Waals surface area contributed by atoms with E-state index in [2.05, 4.69) is 20.1 Å². The van der Waals surface area contributed by atoms with E-state index < -0.39 is 23.4 Å². The van der Waals surface area contributed by atoms with Crippen molar-refractivity contribution in [3.8, 4) is 0 Å². The van der Waals surface area contributed by atoms with Crippen LogP contribution in [0.2, 0.25) is 0 Å². The molecule has 2 aliphatic heterocycles. The van der Waals surface area contributed by atoms with Gasteiger partial charge in [-0.2, -0.15) is 0 Å². The summed E-state index contributed by atoms with van der Waals surface area (Å²) in [5.41, 5.74) is -0.175. The number of carbonyl (C=O) groups excluding carboxylic acids is 1. The lowest BCUT2D eigenvalue weighted by atomic mass is 9.95. The Morgan fingerprint density at radius 3 is 2.41 bits per heavy atom. The number of hydrogen-bond acceptors (Lipinski definition) is 4. The number of fused-ring (bicyclic) bond motifs is 1. The number of halogens is 4. The summed E-state index contributed by atoms with van der Waals surface area (Å²) < 4.78 is 41.9. The van der Waals surface area contributed by atoms with Gasteiger partial charge in [-0.1, -0.05) is 0 Å². The Hall–Kier alpha value is -2.13. The van der Waals surface area contributed by atoms with Gasteiger partial charge < -0.3 is 14.8 Å². The molecule has 1 saturated heterocycles. The van der Waals surface area contributed by atoms with Crippen LogP contribution in [0.4, 0.5) is 13.2 Å². The van der Waals surface area contributed by atoms with Crippen LogP contribution in [0.15, 0.2) is 12.1 Å². The van der Waals surface area contributed by atoms with Gasteiger partial charge in [0.05, 0.1) is 6.54 Å². The number of hydrogen-bond donors (Lipinski definition) is 1. The molecule has 146 valence electrons. The fraction of sp³-hybridized carbons (Fsp3) is 0.471. The minimum atomic E-state index is -1.56. The largest absolute Gasteiger partial charge is 0.339 e. The molecule has 2 aromatic rings. The highest BCUT2D eigenvalue weighted by Gasteiger charge is 2.29. The third kappa shape index (κ3) is 3.66. The topological polar surface area (TPSA) is 63.1 Å². The van der Waals surface area contributed by atoms with E-state index in [1.54, 1.807) is 0 Å². The SMILES string of the molecule is Cl.O=C(c1cc(F)c(F)c(F)c1)N1CCC(c2nnc3n2CCNC3)CC1. The third-order valence-corrected chi connectivity index (χ3v) is 5.03. The summed E-state index contributed by atoms with van der Waals surface area (Å²) in [4.78, 5) is 14.0. The van der Waals surface area contributed by atoms with Gasteiger partial charge in [0.15, 0.2) is 17.5 Å². The summed E-state index contributed by atoms with van der Waals surface area (Å²) in [6.07, 6.45) is 1.40. The third-order valence-electron chi connectivity index (χ3n) is 5.03. The lowest BCUT2D eigenvalue weighted by Gasteiger charge is -2.32. The van der Waals surface area contributed by atoms with E-state index >= 15 is 0 Å². The Bertz CT molecular complexity index is 828. The Morgan fingerprint density at radius 1 is 1.07 bits per heavy atom. The second-order valence-electron chi connectivity index (χ2n) is 6.62. The van der Waals surface area contributed by atoms with Crippen LogP contribution < -0.4 is 5.32 Å². The van der Waals surface area contributed by atoms with Gasteiger partial charge in [0, 0.05) is 37.7 Å². The molecule has 0 radical (unpaired) electrons. The van der Waals surface area contributed by atoms with Crippen LogP contribution in [-0.4, -0.2) is 45.2 Å². The molecular formula is C17H19ClF3N5O. The van der Waals surface area contributed by atoms with Crippen LogP contribution in [0.3, 0.4) is 0 Å². The zero-order valence-electron chi connectivity index (χ0n) is 14.4. The molecule has 1 fully saturated rings. The van der Waals surface area contributed by atoms with Crippen molar-refractivity contribution in [3.05, 3.63) is 46.8 Å². The number of piperidine rings is 1. The van der Waals surface area contributed by atoms with Gasteiger partial charge in [-0.15, -0.1) is 22.6 Å². The van der Waals surface area contributed by atoms with Gasteiger partial charge >= 0.3 is 0 Å². The molecule has 1 aromatic carbocycles. The molecule has 27 heavy (non-hydrogen) atoms. The van der Waals surface area contributed by atoms with Crippen LogP contribution >= 0.6 is 12.4 Å². The zero-order valence-corrected chi connectivity index (χ0v) is 15.2. The van der Waals surface area contributed by atoms with Crippen molar-refractivity contribution < 1.29 is 18.0 Å². The molecule has 4 rings (SSSR count). The van der Waals surface area contributed by atoms with E-state index in [-0.39, 0.29) is 23.9 Å². The van der Waals surface area contributed by atoms with Gasteiger partial charge in [0.1, 0.15) is 11.6 Å². The van der Waals surface area contributed by atoms with Crippen molar-refractivity contribution >= 4 is 18.3 Å². The Balaban J connectivity index is 0.00000210. The molecule has 0 bridgehead atoms. The molecule has 1 aromatic heterocycles. The fourth-order valence-electron chi connectivity index (χ4n) is 3.62. The minimum Gasteiger partial charge on any atom is -0.339 e. The monoisotopic (exact) mass is 401 g/mol. The Labute approximate surface area is 160 Å². The summed E-state index contributed by atoms with van der Waals surface area (Å²) in [5, 5.41) is 11.8. The summed E-state index contributed by atoms with van der Waals surface area (Å²) in [6.45, 7) is 3.29. The van der Waals surface area contributed by atoms with E-state index in [0.29, 0.717) is 32.5 Å². The molecule has 0 saturated carbocycles. The average molecular weight is 402 g/mol. The molecule has 6 nitrogen and oxygen atoms in total. The lowest BCUT2D eigenvalue weighted by Crippen LogP contribution is -2.39. The first-order valence-corrected chi connectivity index (χ1v) is 8.61. The molecule has 1 N–H and O–H groups in total. The molecule has 10 heteroatoms. The highest BCUT2D eigenvalue weighted by molar-refractivity contribution is 5.94. The number of rotatable bonds is 2. The van der Waals surface area contributed by atoms with Crippen molar-refractivity contribution in [1.82, 2.24) is 25.0 Å². The lowest BCUT2D eigenvalue weighted by molar-refractivity contribution is 0.0708. The normalized spacial score (nSPS) is 17.4. The van der Waals surface area contributed by atoms with Gasteiger partial charge in [0.25, 0.3) is 5.91 Å². The van der Waals surface area contributed by atoms with Crippen LogP contribution in [-0.2, 0) is 13.1 Å². The molecule has 2 aliphatic rings. The summed E-state index contributed by atoms with van der Waals surface area (Å²) >= 11 is 0. The first-order chi connectivity index (χ1) is 12.5. The number of nitrogens with zero attached hydrogens (tertiary/aromatic N) is 4. The molecule has 0 aliphatic carbocycles. The van der Waals surface area contributed by atoms with Crippen molar-refractivity contribution in [2.75, 3.05) is 19.6 Å². The predicted octanol–water partition coefficient (Wildman–Crippen LogP) is 2.24. The minimum absolute atomic E-state index is 0. The first kappa shape index (κ1) is 19.6.